The van der Waals surface area contributed by atoms with Gasteiger partial charge in [0, 0.05) is 12.6 Å². The molecular weight excluding hydrogens is 204 g/mol. The fraction of sp³-hybridized carbons (Fsp3) is 0.917. The van der Waals surface area contributed by atoms with Crippen molar-refractivity contribution in [3.05, 3.63) is 0 Å². The van der Waals surface area contributed by atoms with Crippen molar-refractivity contribution in [3.63, 3.8) is 0 Å². The Balaban J connectivity index is 1.68. The molecule has 1 saturated heterocycles. The van der Waals surface area contributed by atoms with Crippen LogP contribution >= 0.6 is 0 Å². The highest BCUT2D eigenvalue weighted by Gasteiger charge is 2.24. The van der Waals surface area contributed by atoms with Crippen molar-refractivity contribution in [2.45, 2.75) is 63.6 Å². The van der Waals surface area contributed by atoms with Gasteiger partial charge >= 0.3 is 6.03 Å². The van der Waals surface area contributed by atoms with Crippen LogP contribution in [0.1, 0.15) is 45.4 Å². The highest BCUT2D eigenvalue weighted by Crippen LogP contribution is 2.18. The van der Waals surface area contributed by atoms with Gasteiger partial charge in [-0.05, 0) is 32.6 Å². The summed E-state index contributed by atoms with van der Waals surface area (Å²) >= 11 is 0. The van der Waals surface area contributed by atoms with E-state index in [0.29, 0.717) is 6.04 Å². The second kappa shape index (κ2) is 5.53. The van der Waals surface area contributed by atoms with E-state index in [-0.39, 0.29) is 18.2 Å². The second-order valence-corrected chi connectivity index (χ2v) is 4.94. The average Bonchev–Trinajstić information content (AvgIpc) is 2.88. The van der Waals surface area contributed by atoms with Crippen LogP contribution in [0.15, 0.2) is 0 Å². The summed E-state index contributed by atoms with van der Waals surface area (Å²) in [5, 5.41) is 6.00. The molecule has 1 heterocycles. The Kier molecular flexibility index (Phi) is 4.04. The van der Waals surface area contributed by atoms with Crippen LogP contribution in [0, 0.1) is 0 Å². The first-order valence-electron chi connectivity index (χ1n) is 6.44. The predicted molar refractivity (Wildman–Crippen MR) is 62.4 cm³/mol. The topological polar surface area (TPSA) is 50.4 Å². The molecular formula is C12H22N2O2. The molecule has 4 nitrogen and oxygen atoms in total. The third-order valence-electron chi connectivity index (χ3n) is 3.57. The lowest BCUT2D eigenvalue weighted by Gasteiger charge is -2.21. The van der Waals surface area contributed by atoms with Gasteiger partial charge in [-0.2, -0.15) is 0 Å². The van der Waals surface area contributed by atoms with Gasteiger partial charge in [0.1, 0.15) is 0 Å². The minimum atomic E-state index is -0.0325. The van der Waals surface area contributed by atoms with Crippen LogP contribution in [0.2, 0.25) is 0 Å². The van der Waals surface area contributed by atoms with Crippen LogP contribution in [0.3, 0.4) is 0 Å². The van der Waals surface area contributed by atoms with Gasteiger partial charge in [0.15, 0.2) is 0 Å². The monoisotopic (exact) mass is 226 g/mol. The average molecular weight is 226 g/mol. The molecule has 0 spiro atoms. The van der Waals surface area contributed by atoms with E-state index in [1.807, 2.05) is 6.92 Å². The number of rotatable bonds is 3. The normalized spacial score (nSPS) is 27.9. The van der Waals surface area contributed by atoms with E-state index in [2.05, 4.69) is 10.6 Å². The van der Waals surface area contributed by atoms with Crippen molar-refractivity contribution in [3.8, 4) is 0 Å². The number of carbonyl (C=O) groups is 1. The number of carbonyl (C=O) groups excluding carboxylic acids is 1. The van der Waals surface area contributed by atoms with Crippen molar-refractivity contribution in [2.75, 3.05) is 6.61 Å². The lowest BCUT2D eigenvalue weighted by Crippen LogP contribution is -2.48. The van der Waals surface area contributed by atoms with Gasteiger partial charge in [0.2, 0.25) is 0 Å². The summed E-state index contributed by atoms with van der Waals surface area (Å²) in [5.41, 5.74) is 0. The summed E-state index contributed by atoms with van der Waals surface area (Å²) in [6.45, 7) is 2.85. The number of hydrogen-bond donors (Lipinski definition) is 2. The zero-order valence-corrected chi connectivity index (χ0v) is 10.00. The van der Waals surface area contributed by atoms with Crippen LogP contribution in [-0.4, -0.2) is 30.8 Å². The number of ether oxygens (including phenoxy) is 1. The molecule has 1 aliphatic carbocycles. The van der Waals surface area contributed by atoms with Gasteiger partial charge in [0.05, 0.1) is 12.1 Å². The van der Waals surface area contributed by atoms with Crippen molar-refractivity contribution >= 4 is 6.03 Å². The Morgan fingerprint density at radius 3 is 2.62 bits per heavy atom. The lowest BCUT2D eigenvalue weighted by atomic mass is 10.1. The zero-order chi connectivity index (χ0) is 11.4. The largest absolute Gasteiger partial charge is 0.376 e. The maximum absolute atomic E-state index is 11.7. The molecule has 0 aromatic carbocycles. The van der Waals surface area contributed by atoms with Crippen LogP contribution in [0.25, 0.3) is 0 Å². The molecule has 2 amide bonds. The summed E-state index contributed by atoms with van der Waals surface area (Å²) in [6.07, 6.45) is 7.11. The van der Waals surface area contributed by atoms with E-state index in [9.17, 15) is 4.79 Å². The third-order valence-corrected chi connectivity index (χ3v) is 3.57. The molecule has 92 valence electrons. The zero-order valence-electron chi connectivity index (χ0n) is 10.00. The molecule has 0 aromatic heterocycles. The highest BCUT2D eigenvalue weighted by atomic mass is 16.5. The molecule has 16 heavy (non-hydrogen) atoms. The minimum Gasteiger partial charge on any atom is -0.376 e. The SMILES string of the molecule is CC(NC(=O)NC1CCCC1)C1CCCO1. The number of hydrogen-bond acceptors (Lipinski definition) is 2. The first kappa shape index (κ1) is 11.7. The van der Waals surface area contributed by atoms with Crippen LogP contribution in [0.5, 0.6) is 0 Å². The van der Waals surface area contributed by atoms with E-state index in [1.54, 1.807) is 0 Å². The molecule has 0 aromatic rings. The van der Waals surface area contributed by atoms with Gasteiger partial charge < -0.3 is 15.4 Å². The Labute approximate surface area is 97.1 Å². The summed E-state index contributed by atoms with van der Waals surface area (Å²) in [6, 6.07) is 0.468. The number of urea groups is 1. The molecule has 2 fully saturated rings. The summed E-state index contributed by atoms with van der Waals surface area (Å²) < 4.78 is 5.54. The standard InChI is InChI=1S/C12H22N2O2/c1-9(11-7-4-8-16-11)13-12(15)14-10-5-2-3-6-10/h9-11H,2-8H2,1H3,(H2,13,14,15). The van der Waals surface area contributed by atoms with E-state index < -0.39 is 0 Å². The summed E-state index contributed by atoms with van der Waals surface area (Å²) in [7, 11) is 0. The van der Waals surface area contributed by atoms with Crippen LogP contribution < -0.4 is 10.6 Å². The fourth-order valence-corrected chi connectivity index (χ4v) is 2.59. The second-order valence-electron chi connectivity index (χ2n) is 4.94. The molecule has 2 aliphatic rings. The molecule has 1 saturated carbocycles. The smallest absolute Gasteiger partial charge is 0.315 e. The molecule has 1 aliphatic heterocycles. The van der Waals surface area contributed by atoms with E-state index in [4.69, 9.17) is 4.74 Å². The first-order chi connectivity index (χ1) is 7.75. The molecule has 4 heteroatoms. The maximum atomic E-state index is 11.7. The highest BCUT2D eigenvalue weighted by molar-refractivity contribution is 5.74. The van der Waals surface area contributed by atoms with Gasteiger partial charge in [-0.15, -0.1) is 0 Å². The maximum Gasteiger partial charge on any atom is 0.315 e. The van der Waals surface area contributed by atoms with Crippen molar-refractivity contribution in [2.24, 2.45) is 0 Å². The van der Waals surface area contributed by atoms with E-state index in [0.717, 1.165) is 32.3 Å². The van der Waals surface area contributed by atoms with Crippen molar-refractivity contribution < 1.29 is 9.53 Å². The minimum absolute atomic E-state index is 0.0325. The van der Waals surface area contributed by atoms with E-state index >= 15 is 0 Å². The first-order valence-corrected chi connectivity index (χ1v) is 6.44. The molecule has 0 bridgehead atoms. The van der Waals surface area contributed by atoms with Gasteiger partial charge in [-0.1, -0.05) is 12.8 Å². The Bertz CT molecular complexity index is 233. The molecule has 2 N–H and O–H groups in total. The Hall–Kier alpha value is -0.770. The number of amides is 2. The van der Waals surface area contributed by atoms with Crippen molar-refractivity contribution in [1.29, 1.82) is 0 Å². The Morgan fingerprint density at radius 1 is 1.25 bits per heavy atom. The number of nitrogens with one attached hydrogen (secondary N) is 2. The Morgan fingerprint density at radius 2 is 2.00 bits per heavy atom. The fourth-order valence-electron chi connectivity index (χ4n) is 2.59. The van der Waals surface area contributed by atoms with Gasteiger partial charge in [-0.25, -0.2) is 4.79 Å². The van der Waals surface area contributed by atoms with E-state index in [1.165, 1.54) is 12.8 Å². The van der Waals surface area contributed by atoms with Crippen molar-refractivity contribution in [1.82, 2.24) is 10.6 Å². The molecule has 2 rings (SSSR count). The predicted octanol–water partition coefficient (Wildman–Crippen LogP) is 1.80. The molecule has 2 unspecified atom stereocenters. The lowest BCUT2D eigenvalue weighted by molar-refractivity contribution is 0.0858. The molecule has 2 atom stereocenters. The quantitative estimate of drug-likeness (QED) is 0.771. The summed E-state index contributed by atoms with van der Waals surface area (Å²) in [5.74, 6) is 0. The molecule has 0 radical (unpaired) electrons. The van der Waals surface area contributed by atoms with Crippen LogP contribution in [0.4, 0.5) is 4.79 Å². The van der Waals surface area contributed by atoms with Gasteiger partial charge in [0.25, 0.3) is 0 Å². The summed E-state index contributed by atoms with van der Waals surface area (Å²) in [4.78, 5) is 11.7. The third kappa shape index (κ3) is 3.11. The van der Waals surface area contributed by atoms with Crippen LogP contribution in [-0.2, 0) is 4.74 Å². The van der Waals surface area contributed by atoms with Gasteiger partial charge in [-0.3, -0.25) is 0 Å².